The van der Waals surface area contributed by atoms with Crippen molar-refractivity contribution in [3.63, 3.8) is 0 Å². The number of hydrazine groups is 1. The standard InChI is InChI=1S/C15H23N3OS/c1-11-12(2)20-8-7-18(11)10-14-6-4-3-5-13(14)9-15(19)17-16/h3-6,11-12H,7-10,16H2,1-2H3,(H,17,19). The summed E-state index contributed by atoms with van der Waals surface area (Å²) >= 11 is 2.04. The molecular weight excluding hydrogens is 270 g/mol. The molecule has 1 aromatic carbocycles. The molecule has 1 saturated heterocycles. The molecule has 1 fully saturated rings. The highest BCUT2D eigenvalue weighted by atomic mass is 32.2. The van der Waals surface area contributed by atoms with Crippen molar-refractivity contribution in [2.24, 2.45) is 5.84 Å². The summed E-state index contributed by atoms with van der Waals surface area (Å²) in [6.07, 6.45) is 0.346. The predicted molar refractivity (Wildman–Crippen MR) is 84.3 cm³/mol. The number of nitrogens with one attached hydrogen (secondary N) is 1. The number of carbonyl (C=O) groups is 1. The monoisotopic (exact) mass is 293 g/mol. The lowest BCUT2D eigenvalue weighted by Crippen LogP contribution is -2.44. The Kier molecular flexibility index (Phi) is 5.46. The number of rotatable bonds is 4. The first kappa shape index (κ1) is 15.4. The van der Waals surface area contributed by atoms with Crippen molar-refractivity contribution in [2.45, 2.75) is 38.1 Å². The third-order valence-electron chi connectivity index (χ3n) is 4.02. The Labute approximate surface area is 125 Å². The normalized spacial score (nSPS) is 23.6. The fourth-order valence-electron chi connectivity index (χ4n) is 2.55. The van der Waals surface area contributed by atoms with Gasteiger partial charge in [-0.15, -0.1) is 0 Å². The Bertz CT molecular complexity index is 466. The van der Waals surface area contributed by atoms with Crippen LogP contribution in [0.15, 0.2) is 24.3 Å². The molecule has 1 aliphatic rings. The summed E-state index contributed by atoms with van der Waals surface area (Å²) in [5.41, 5.74) is 4.49. The molecule has 0 aromatic heterocycles. The molecule has 1 aliphatic heterocycles. The fourth-order valence-corrected chi connectivity index (χ4v) is 3.71. The second kappa shape index (κ2) is 7.11. The number of benzene rings is 1. The largest absolute Gasteiger partial charge is 0.294 e. The van der Waals surface area contributed by atoms with Crippen LogP contribution >= 0.6 is 11.8 Å². The van der Waals surface area contributed by atoms with E-state index in [0.29, 0.717) is 17.7 Å². The average Bonchev–Trinajstić information content (AvgIpc) is 2.45. The molecular formula is C15H23N3OS. The molecule has 4 nitrogen and oxygen atoms in total. The van der Waals surface area contributed by atoms with Crippen molar-refractivity contribution in [1.82, 2.24) is 10.3 Å². The van der Waals surface area contributed by atoms with Gasteiger partial charge in [0.25, 0.3) is 0 Å². The molecule has 1 amide bonds. The minimum absolute atomic E-state index is 0.145. The number of thioether (sulfide) groups is 1. The van der Waals surface area contributed by atoms with Crippen LogP contribution in [-0.2, 0) is 17.8 Å². The molecule has 0 saturated carbocycles. The summed E-state index contributed by atoms with van der Waals surface area (Å²) in [4.78, 5) is 14.0. The van der Waals surface area contributed by atoms with Crippen LogP contribution in [0.25, 0.3) is 0 Å². The molecule has 2 atom stereocenters. The molecule has 0 spiro atoms. The van der Waals surface area contributed by atoms with Crippen molar-refractivity contribution in [1.29, 1.82) is 0 Å². The van der Waals surface area contributed by atoms with Gasteiger partial charge in [-0.1, -0.05) is 31.2 Å². The second-order valence-corrected chi connectivity index (χ2v) is 6.79. The van der Waals surface area contributed by atoms with Gasteiger partial charge in [-0.2, -0.15) is 11.8 Å². The number of carbonyl (C=O) groups excluding carboxylic acids is 1. The van der Waals surface area contributed by atoms with Crippen LogP contribution in [0.1, 0.15) is 25.0 Å². The second-order valence-electron chi connectivity index (χ2n) is 5.30. The maximum Gasteiger partial charge on any atom is 0.238 e. The van der Waals surface area contributed by atoms with Crippen LogP contribution < -0.4 is 11.3 Å². The van der Waals surface area contributed by atoms with E-state index in [1.165, 1.54) is 11.3 Å². The highest BCUT2D eigenvalue weighted by Crippen LogP contribution is 2.26. The summed E-state index contributed by atoms with van der Waals surface area (Å²) in [6.45, 7) is 6.58. The van der Waals surface area contributed by atoms with Crippen LogP contribution in [0.4, 0.5) is 0 Å². The van der Waals surface area contributed by atoms with Crippen LogP contribution in [-0.4, -0.2) is 34.4 Å². The molecule has 2 rings (SSSR count). The number of hydrogen-bond acceptors (Lipinski definition) is 4. The Morgan fingerprint density at radius 1 is 1.40 bits per heavy atom. The maximum atomic E-state index is 11.5. The topological polar surface area (TPSA) is 58.4 Å². The van der Waals surface area contributed by atoms with Crippen molar-refractivity contribution in [2.75, 3.05) is 12.3 Å². The van der Waals surface area contributed by atoms with Crippen LogP contribution in [0.5, 0.6) is 0 Å². The smallest absolute Gasteiger partial charge is 0.238 e. The molecule has 0 radical (unpaired) electrons. The van der Waals surface area contributed by atoms with Gasteiger partial charge < -0.3 is 0 Å². The van der Waals surface area contributed by atoms with E-state index in [1.807, 2.05) is 30.0 Å². The van der Waals surface area contributed by atoms with E-state index < -0.39 is 0 Å². The summed E-state index contributed by atoms with van der Waals surface area (Å²) < 4.78 is 0. The maximum absolute atomic E-state index is 11.5. The van der Waals surface area contributed by atoms with Crippen molar-refractivity contribution in [3.8, 4) is 0 Å². The summed E-state index contributed by atoms with van der Waals surface area (Å²) in [5, 5.41) is 0.656. The highest BCUT2D eigenvalue weighted by Gasteiger charge is 2.25. The lowest BCUT2D eigenvalue weighted by atomic mass is 10.0. The number of hydrogen-bond donors (Lipinski definition) is 2. The number of amides is 1. The van der Waals surface area contributed by atoms with E-state index in [4.69, 9.17) is 5.84 Å². The molecule has 0 bridgehead atoms. The van der Waals surface area contributed by atoms with Crippen molar-refractivity contribution in [3.05, 3.63) is 35.4 Å². The fraction of sp³-hybridized carbons (Fsp3) is 0.533. The third kappa shape index (κ3) is 3.75. The van der Waals surface area contributed by atoms with Crippen LogP contribution in [0.2, 0.25) is 0 Å². The summed E-state index contributed by atoms with van der Waals surface area (Å²) in [6, 6.07) is 8.69. The Morgan fingerprint density at radius 3 is 2.80 bits per heavy atom. The van der Waals surface area contributed by atoms with E-state index in [9.17, 15) is 4.79 Å². The molecule has 0 aliphatic carbocycles. The van der Waals surface area contributed by atoms with Crippen LogP contribution in [0.3, 0.4) is 0 Å². The Hall–Kier alpha value is -1.04. The first-order chi connectivity index (χ1) is 9.61. The zero-order chi connectivity index (χ0) is 14.5. The molecule has 3 N–H and O–H groups in total. The number of nitrogens with two attached hydrogens (primary N) is 1. The molecule has 110 valence electrons. The Morgan fingerprint density at radius 2 is 2.10 bits per heavy atom. The first-order valence-electron chi connectivity index (χ1n) is 7.03. The lowest BCUT2D eigenvalue weighted by molar-refractivity contribution is -0.120. The third-order valence-corrected chi connectivity index (χ3v) is 5.36. The molecule has 2 unspecified atom stereocenters. The molecule has 5 heteroatoms. The van der Waals surface area contributed by atoms with Gasteiger partial charge in [-0.25, -0.2) is 5.84 Å². The summed E-state index contributed by atoms with van der Waals surface area (Å²) in [7, 11) is 0. The highest BCUT2D eigenvalue weighted by molar-refractivity contribution is 8.00. The first-order valence-corrected chi connectivity index (χ1v) is 8.08. The zero-order valence-electron chi connectivity index (χ0n) is 12.1. The zero-order valence-corrected chi connectivity index (χ0v) is 13.0. The van der Waals surface area contributed by atoms with Gasteiger partial charge in [0, 0.05) is 30.1 Å². The minimum atomic E-state index is -0.145. The van der Waals surface area contributed by atoms with Crippen molar-refractivity contribution >= 4 is 17.7 Å². The van der Waals surface area contributed by atoms with E-state index in [2.05, 4.69) is 30.2 Å². The molecule has 1 aromatic rings. The quantitative estimate of drug-likeness (QED) is 0.502. The van der Waals surface area contributed by atoms with Gasteiger partial charge in [0.1, 0.15) is 0 Å². The van der Waals surface area contributed by atoms with Gasteiger partial charge in [0.2, 0.25) is 5.91 Å². The van der Waals surface area contributed by atoms with Gasteiger partial charge in [0.15, 0.2) is 0 Å². The summed E-state index contributed by atoms with van der Waals surface area (Å²) in [5.74, 6) is 6.21. The Balaban J connectivity index is 2.10. The average molecular weight is 293 g/mol. The van der Waals surface area contributed by atoms with Gasteiger partial charge in [-0.3, -0.25) is 15.1 Å². The molecule has 20 heavy (non-hydrogen) atoms. The minimum Gasteiger partial charge on any atom is -0.294 e. The van der Waals surface area contributed by atoms with Crippen LogP contribution in [0, 0.1) is 0 Å². The lowest BCUT2D eigenvalue weighted by Gasteiger charge is -2.37. The van der Waals surface area contributed by atoms with E-state index in [0.717, 1.165) is 18.7 Å². The van der Waals surface area contributed by atoms with Crippen molar-refractivity contribution < 1.29 is 4.79 Å². The van der Waals surface area contributed by atoms with E-state index in [1.54, 1.807) is 0 Å². The van der Waals surface area contributed by atoms with Gasteiger partial charge in [-0.05, 0) is 18.1 Å². The predicted octanol–water partition coefficient (Wildman–Crippen LogP) is 1.54. The van der Waals surface area contributed by atoms with E-state index in [-0.39, 0.29) is 5.91 Å². The number of nitrogens with zero attached hydrogens (tertiary/aromatic N) is 1. The van der Waals surface area contributed by atoms with E-state index >= 15 is 0 Å². The molecule has 1 heterocycles. The van der Waals surface area contributed by atoms with Gasteiger partial charge >= 0.3 is 0 Å². The van der Waals surface area contributed by atoms with Gasteiger partial charge in [0.05, 0.1) is 6.42 Å². The SMILES string of the molecule is CC1SCCN(Cc2ccccc2CC(=O)NN)C1C.